The van der Waals surface area contributed by atoms with Crippen LogP contribution < -0.4 is 10.2 Å². The van der Waals surface area contributed by atoms with Crippen LogP contribution in [0, 0.1) is 16.6 Å². The van der Waals surface area contributed by atoms with E-state index in [1.807, 2.05) is 67.8 Å². The summed E-state index contributed by atoms with van der Waals surface area (Å²) in [5.74, 6) is -3.95. The van der Waals surface area contributed by atoms with E-state index in [1.165, 1.54) is 25.8 Å². The molecule has 0 heterocycles. The number of benzene rings is 1. The molecular formula is C15H15I3N2O6. The molecular weight excluding hydrogens is 685 g/mol. The molecule has 1 aromatic carbocycles. The summed E-state index contributed by atoms with van der Waals surface area (Å²) in [7, 11) is 1.51. The number of nitrogens with one attached hydrogen (secondary N) is 1. The number of carbonyl (C=O) groups is 4. The molecule has 26 heavy (non-hydrogen) atoms. The van der Waals surface area contributed by atoms with Gasteiger partial charge in [0.05, 0.1) is 34.1 Å². The van der Waals surface area contributed by atoms with Crippen molar-refractivity contribution in [2.24, 2.45) is 5.92 Å². The number of halogens is 3. The minimum atomic E-state index is -1.19. The fourth-order valence-corrected chi connectivity index (χ4v) is 6.62. The number of aliphatic carboxylic acids is 1. The van der Waals surface area contributed by atoms with Crippen molar-refractivity contribution in [2.75, 3.05) is 17.3 Å². The average molecular weight is 700 g/mol. The van der Waals surface area contributed by atoms with Crippen molar-refractivity contribution >= 4 is 103 Å². The highest BCUT2D eigenvalue weighted by Gasteiger charge is 2.29. The summed E-state index contributed by atoms with van der Waals surface area (Å²) in [5.41, 5.74) is 0.586. The van der Waals surface area contributed by atoms with Gasteiger partial charge in [-0.05, 0) is 67.8 Å². The number of carboxylic acid groups (broad SMARTS) is 2. The van der Waals surface area contributed by atoms with E-state index in [2.05, 4.69) is 5.32 Å². The Hall–Kier alpha value is -0.710. The summed E-state index contributed by atoms with van der Waals surface area (Å²) in [6.07, 6.45) is -0.352. The lowest BCUT2D eigenvalue weighted by atomic mass is 10.1. The number of nitrogens with zero attached hydrogens (tertiary/aromatic N) is 1. The zero-order valence-corrected chi connectivity index (χ0v) is 20.4. The van der Waals surface area contributed by atoms with Crippen molar-refractivity contribution in [1.82, 2.24) is 0 Å². The number of carboxylic acids is 2. The molecule has 0 saturated carbocycles. The molecule has 1 unspecified atom stereocenters. The second kappa shape index (κ2) is 9.48. The van der Waals surface area contributed by atoms with Gasteiger partial charge in [-0.25, -0.2) is 4.79 Å². The van der Waals surface area contributed by atoms with E-state index in [0.29, 0.717) is 16.4 Å². The molecule has 0 fully saturated rings. The number of amides is 2. The Balaban J connectivity index is 3.57. The Kier molecular flexibility index (Phi) is 8.50. The Morgan fingerprint density at radius 1 is 1.08 bits per heavy atom. The number of aromatic carboxylic acids is 1. The first-order chi connectivity index (χ1) is 11.9. The molecule has 0 aliphatic heterocycles. The molecule has 2 amide bonds. The zero-order chi connectivity index (χ0) is 20.3. The van der Waals surface area contributed by atoms with Crippen LogP contribution >= 0.6 is 67.8 Å². The SMILES string of the molecule is CC(=O)N(C)c1c(I)c(NC(=O)C(C)CC(=O)O)c(I)c(C(=O)O)c1I. The van der Waals surface area contributed by atoms with Crippen molar-refractivity contribution in [3.05, 3.63) is 16.3 Å². The highest BCUT2D eigenvalue weighted by atomic mass is 127. The van der Waals surface area contributed by atoms with Crippen LogP contribution in [-0.4, -0.2) is 41.0 Å². The van der Waals surface area contributed by atoms with Gasteiger partial charge in [-0.15, -0.1) is 0 Å². The van der Waals surface area contributed by atoms with Gasteiger partial charge in [-0.1, -0.05) is 6.92 Å². The van der Waals surface area contributed by atoms with Crippen LogP contribution in [0.1, 0.15) is 30.6 Å². The van der Waals surface area contributed by atoms with Gasteiger partial charge in [0.2, 0.25) is 11.8 Å². The summed E-state index contributed by atoms with van der Waals surface area (Å²) < 4.78 is 1.17. The van der Waals surface area contributed by atoms with Crippen molar-refractivity contribution < 1.29 is 29.4 Å². The predicted octanol–water partition coefficient (Wildman–Crippen LogP) is 3.23. The second-order valence-corrected chi connectivity index (χ2v) is 8.65. The third-order valence-corrected chi connectivity index (χ3v) is 6.67. The number of rotatable bonds is 6. The quantitative estimate of drug-likeness (QED) is 0.392. The maximum absolute atomic E-state index is 12.3. The molecule has 0 spiro atoms. The number of hydrogen-bond donors (Lipinski definition) is 3. The molecule has 0 aliphatic carbocycles. The standard InChI is InChI=1S/C15H15I3N2O6/c1-5(4-7(22)23)14(24)19-12-9(16)8(15(25)26)10(17)13(11(12)18)20(3)6(2)21/h5H,4H2,1-3H3,(H,19,24)(H,22,23)(H,25,26). The van der Waals surface area contributed by atoms with Gasteiger partial charge in [0.1, 0.15) is 0 Å². The Morgan fingerprint density at radius 3 is 2.04 bits per heavy atom. The monoisotopic (exact) mass is 700 g/mol. The van der Waals surface area contributed by atoms with E-state index in [1.54, 1.807) is 0 Å². The minimum Gasteiger partial charge on any atom is -0.481 e. The smallest absolute Gasteiger partial charge is 0.338 e. The number of carbonyl (C=O) groups excluding carboxylic acids is 2. The van der Waals surface area contributed by atoms with Crippen LogP contribution in [0.2, 0.25) is 0 Å². The predicted molar refractivity (Wildman–Crippen MR) is 121 cm³/mol. The second-order valence-electron chi connectivity index (χ2n) is 5.41. The number of hydrogen-bond acceptors (Lipinski definition) is 4. The molecule has 8 nitrogen and oxygen atoms in total. The molecule has 1 rings (SSSR count). The van der Waals surface area contributed by atoms with Crippen LogP contribution in [0.15, 0.2) is 0 Å². The summed E-state index contributed by atoms with van der Waals surface area (Å²) in [5, 5.41) is 21.0. The van der Waals surface area contributed by atoms with Gasteiger partial charge in [0.15, 0.2) is 0 Å². The maximum atomic E-state index is 12.3. The van der Waals surface area contributed by atoms with Gasteiger partial charge in [0, 0.05) is 19.9 Å². The van der Waals surface area contributed by atoms with Crippen LogP contribution in [0.4, 0.5) is 11.4 Å². The van der Waals surface area contributed by atoms with Crippen molar-refractivity contribution in [3.63, 3.8) is 0 Å². The summed E-state index contributed by atoms with van der Waals surface area (Å²) in [4.78, 5) is 47.9. The fourth-order valence-electron chi connectivity index (χ4n) is 2.00. The van der Waals surface area contributed by atoms with Gasteiger partial charge < -0.3 is 20.4 Å². The van der Waals surface area contributed by atoms with Gasteiger partial charge in [0.25, 0.3) is 0 Å². The third kappa shape index (κ3) is 5.17. The van der Waals surface area contributed by atoms with Crippen LogP contribution in [0.25, 0.3) is 0 Å². The van der Waals surface area contributed by atoms with E-state index >= 15 is 0 Å². The molecule has 0 saturated heterocycles. The van der Waals surface area contributed by atoms with Crippen molar-refractivity contribution in [2.45, 2.75) is 20.3 Å². The van der Waals surface area contributed by atoms with Gasteiger partial charge in [-0.2, -0.15) is 0 Å². The van der Waals surface area contributed by atoms with E-state index in [9.17, 15) is 24.3 Å². The van der Waals surface area contributed by atoms with Gasteiger partial charge in [-0.3, -0.25) is 14.4 Å². The lowest BCUT2D eigenvalue weighted by molar-refractivity contribution is -0.139. The largest absolute Gasteiger partial charge is 0.481 e. The van der Waals surface area contributed by atoms with E-state index < -0.39 is 23.8 Å². The topological polar surface area (TPSA) is 124 Å². The van der Waals surface area contributed by atoms with Crippen LogP contribution in [-0.2, 0) is 14.4 Å². The summed E-state index contributed by atoms with van der Waals surface area (Å²) in [6, 6.07) is 0. The lowest BCUT2D eigenvalue weighted by Crippen LogP contribution is -2.28. The average Bonchev–Trinajstić information content (AvgIpc) is 2.49. The molecule has 0 bridgehead atoms. The van der Waals surface area contributed by atoms with Crippen LogP contribution in [0.5, 0.6) is 0 Å². The third-order valence-electron chi connectivity index (χ3n) is 3.49. The molecule has 0 aliphatic rings. The first kappa shape index (κ1) is 23.3. The summed E-state index contributed by atoms with van der Waals surface area (Å²) in [6.45, 7) is 2.81. The van der Waals surface area contributed by atoms with Crippen molar-refractivity contribution in [1.29, 1.82) is 0 Å². The van der Waals surface area contributed by atoms with E-state index in [4.69, 9.17) is 5.11 Å². The molecule has 0 radical (unpaired) electrons. The highest BCUT2D eigenvalue weighted by Crippen LogP contribution is 2.40. The van der Waals surface area contributed by atoms with Gasteiger partial charge >= 0.3 is 11.9 Å². The van der Waals surface area contributed by atoms with Crippen LogP contribution in [0.3, 0.4) is 0 Å². The van der Waals surface area contributed by atoms with Crippen molar-refractivity contribution in [3.8, 4) is 0 Å². The first-order valence-electron chi connectivity index (χ1n) is 7.10. The lowest BCUT2D eigenvalue weighted by Gasteiger charge is -2.24. The first-order valence-corrected chi connectivity index (χ1v) is 10.3. The molecule has 1 aromatic rings. The zero-order valence-electron chi connectivity index (χ0n) is 13.9. The molecule has 0 aromatic heterocycles. The Morgan fingerprint density at radius 2 is 1.62 bits per heavy atom. The molecule has 3 N–H and O–H groups in total. The van der Waals surface area contributed by atoms with E-state index in [-0.39, 0.29) is 23.6 Å². The number of anilines is 2. The Labute approximate surface area is 190 Å². The van der Waals surface area contributed by atoms with E-state index in [0.717, 1.165) is 0 Å². The normalized spacial score (nSPS) is 11.6. The molecule has 11 heteroatoms. The Bertz CT molecular complexity index is 796. The fraction of sp³-hybridized carbons (Fsp3) is 0.333. The summed E-state index contributed by atoms with van der Waals surface area (Å²) >= 11 is 5.62. The molecule has 1 atom stereocenters. The molecule has 142 valence electrons. The maximum Gasteiger partial charge on any atom is 0.338 e. The minimum absolute atomic E-state index is 0.0316. The highest BCUT2D eigenvalue weighted by molar-refractivity contribution is 14.1.